The molecule has 0 aliphatic heterocycles. The Balaban J connectivity index is 1.69. The van der Waals surface area contributed by atoms with Crippen LogP contribution in [0.2, 0.25) is 5.02 Å². The van der Waals surface area contributed by atoms with E-state index in [1.807, 2.05) is 30.3 Å². The number of carbonyl (C=O) groups is 1. The molecular formula is C19H14BrClN2O2. The molecule has 0 unspecified atom stereocenters. The number of halogens is 2. The van der Waals surface area contributed by atoms with Gasteiger partial charge < -0.3 is 10.1 Å². The number of amides is 1. The summed E-state index contributed by atoms with van der Waals surface area (Å²) in [7, 11) is 0. The van der Waals surface area contributed by atoms with Crippen molar-refractivity contribution in [2.45, 2.75) is 6.61 Å². The molecule has 0 aliphatic rings. The molecule has 1 amide bonds. The Morgan fingerprint density at radius 2 is 2.00 bits per heavy atom. The molecule has 3 rings (SSSR count). The number of aromatic nitrogens is 1. The summed E-state index contributed by atoms with van der Waals surface area (Å²) in [6.07, 6.45) is 1.72. The number of hydrogen-bond donors (Lipinski definition) is 1. The zero-order valence-corrected chi connectivity index (χ0v) is 15.4. The molecule has 126 valence electrons. The van der Waals surface area contributed by atoms with Crippen LogP contribution < -0.4 is 10.1 Å². The van der Waals surface area contributed by atoms with E-state index in [0.29, 0.717) is 28.6 Å². The van der Waals surface area contributed by atoms with Crippen LogP contribution in [0.15, 0.2) is 71.3 Å². The minimum Gasteiger partial charge on any atom is -0.487 e. The van der Waals surface area contributed by atoms with Gasteiger partial charge in [0.15, 0.2) is 0 Å². The number of hydrogen-bond acceptors (Lipinski definition) is 3. The van der Waals surface area contributed by atoms with Crippen LogP contribution in [0.1, 0.15) is 16.1 Å². The van der Waals surface area contributed by atoms with Crippen LogP contribution in [-0.4, -0.2) is 10.9 Å². The maximum atomic E-state index is 12.4. The molecule has 4 nitrogen and oxygen atoms in total. The van der Waals surface area contributed by atoms with E-state index in [1.54, 1.807) is 36.5 Å². The second-order valence-corrected chi connectivity index (χ2v) is 6.54. The summed E-state index contributed by atoms with van der Waals surface area (Å²) in [6.45, 7) is 0.357. The Kier molecular flexibility index (Phi) is 5.68. The molecule has 6 heteroatoms. The molecule has 25 heavy (non-hydrogen) atoms. The fraction of sp³-hybridized carbons (Fsp3) is 0.0526. The van der Waals surface area contributed by atoms with Crippen molar-refractivity contribution in [2.75, 3.05) is 5.32 Å². The van der Waals surface area contributed by atoms with Crippen LogP contribution in [0.5, 0.6) is 5.75 Å². The molecule has 0 spiro atoms. The minimum atomic E-state index is -0.284. The molecule has 1 N–H and O–H groups in total. The fourth-order valence-electron chi connectivity index (χ4n) is 2.17. The predicted octanol–water partition coefficient (Wildman–Crippen LogP) is 5.33. The van der Waals surface area contributed by atoms with E-state index >= 15 is 0 Å². The third kappa shape index (κ3) is 4.81. The molecule has 0 atom stereocenters. The van der Waals surface area contributed by atoms with E-state index in [2.05, 4.69) is 26.2 Å². The average Bonchev–Trinajstić information content (AvgIpc) is 2.63. The van der Waals surface area contributed by atoms with E-state index in [0.717, 1.165) is 10.2 Å². The monoisotopic (exact) mass is 416 g/mol. The van der Waals surface area contributed by atoms with Crippen molar-refractivity contribution in [1.82, 2.24) is 4.98 Å². The second-order valence-electron chi connectivity index (χ2n) is 5.22. The second kappa shape index (κ2) is 8.14. The molecule has 0 fully saturated rings. The van der Waals surface area contributed by atoms with Crippen LogP contribution >= 0.6 is 27.5 Å². The number of nitrogens with zero attached hydrogens (tertiary/aromatic N) is 1. The minimum absolute atomic E-state index is 0.284. The molecule has 0 saturated carbocycles. The van der Waals surface area contributed by atoms with Crippen molar-refractivity contribution in [3.63, 3.8) is 0 Å². The van der Waals surface area contributed by atoms with Crippen molar-refractivity contribution in [1.29, 1.82) is 0 Å². The van der Waals surface area contributed by atoms with Gasteiger partial charge in [-0.1, -0.05) is 39.7 Å². The van der Waals surface area contributed by atoms with Crippen molar-refractivity contribution < 1.29 is 9.53 Å². The standard InChI is InChI=1S/C19H14BrClN2O2/c20-13-7-8-18(21)17(10-13)19(24)23-14-5-3-6-16(11-14)25-12-15-4-1-2-9-22-15/h1-11H,12H2,(H,23,24). The summed E-state index contributed by atoms with van der Waals surface area (Å²) >= 11 is 9.43. The highest BCUT2D eigenvalue weighted by molar-refractivity contribution is 9.10. The molecule has 0 saturated heterocycles. The van der Waals surface area contributed by atoms with E-state index in [9.17, 15) is 4.79 Å². The van der Waals surface area contributed by atoms with Gasteiger partial charge in [0, 0.05) is 22.4 Å². The fourth-order valence-corrected chi connectivity index (χ4v) is 2.74. The number of pyridine rings is 1. The zero-order chi connectivity index (χ0) is 17.6. The summed E-state index contributed by atoms with van der Waals surface area (Å²) in [6, 6.07) is 18.0. The van der Waals surface area contributed by atoms with Gasteiger partial charge in [-0.25, -0.2) is 0 Å². The zero-order valence-electron chi connectivity index (χ0n) is 13.1. The molecule has 1 heterocycles. The Morgan fingerprint density at radius 3 is 2.80 bits per heavy atom. The van der Waals surface area contributed by atoms with E-state index in [4.69, 9.17) is 16.3 Å². The number of rotatable bonds is 5. The van der Waals surface area contributed by atoms with Gasteiger partial charge in [0.2, 0.25) is 0 Å². The largest absolute Gasteiger partial charge is 0.487 e. The first-order chi connectivity index (χ1) is 12.1. The molecule has 0 aliphatic carbocycles. The Labute approximate surface area is 158 Å². The lowest BCUT2D eigenvalue weighted by molar-refractivity contribution is 0.102. The number of ether oxygens (including phenoxy) is 1. The SMILES string of the molecule is O=C(Nc1cccc(OCc2ccccn2)c1)c1cc(Br)ccc1Cl. The maximum absolute atomic E-state index is 12.4. The van der Waals surface area contributed by atoms with Gasteiger partial charge >= 0.3 is 0 Å². The van der Waals surface area contributed by atoms with Crippen molar-refractivity contribution in [3.8, 4) is 5.75 Å². The van der Waals surface area contributed by atoms with E-state index in [1.165, 1.54) is 0 Å². The Morgan fingerprint density at radius 1 is 1.12 bits per heavy atom. The average molecular weight is 418 g/mol. The summed E-state index contributed by atoms with van der Waals surface area (Å²) < 4.78 is 6.50. The third-order valence-electron chi connectivity index (χ3n) is 3.38. The Hall–Kier alpha value is -2.37. The quantitative estimate of drug-likeness (QED) is 0.610. The predicted molar refractivity (Wildman–Crippen MR) is 102 cm³/mol. The van der Waals surface area contributed by atoms with Crippen molar-refractivity contribution >= 4 is 39.1 Å². The van der Waals surface area contributed by atoms with E-state index < -0.39 is 0 Å². The first kappa shape index (κ1) is 17.5. The molecule has 0 radical (unpaired) electrons. The number of anilines is 1. The summed E-state index contributed by atoms with van der Waals surface area (Å²) in [4.78, 5) is 16.6. The highest BCUT2D eigenvalue weighted by atomic mass is 79.9. The normalized spacial score (nSPS) is 10.3. The molecule has 1 aromatic heterocycles. The smallest absolute Gasteiger partial charge is 0.257 e. The topological polar surface area (TPSA) is 51.2 Å². The number of nitrogens with one attached hydrogen (secondary N) is 1. The lowest BCUT2D eigenvalue weighted by Crippen LogP contribution is -2.12. The number of benzene rings is 2. The van der Waals surface area contributed by atoms with Crippen LogP contribution in [0, 0.1) is 0 Å². The van der Waals surface area contributed by atoms with Crippen LogP contribution in [0.25, 0.3) is 0 Å². The summed E-state index contributed by atoms with van der Waals surface area (Å²) in [5, 5.41) is 3.22. The van der Waals surface area contributed by atoms with Gasteiger partial charge in [-0.15, -0.1) is 0 Å². The molecular weight excluding hydrogens is 404 g/mol. The van der Waals surface area contributed by atoms with Crippen molar-refractivity contribution in [3.05, 3.63) is 87.6 Å². The lowest BCUT2D eigenvalue weighted by Gasteiger charge is -2.10. The van der Waals surface area contributed by atoms with Crippen LogP contribution in [0.4, 0.5) is 5.69 Å². The highest BCUT2D eigenvalue weighted by Gasteiger charge is 2.11. The maximum Gasteiger partial charge on any atom is 0.257 e. The lowest BCUT2D eigenvalue weighted by atomic mass is 10.2. The van der Waals surface area contributed by atoms with Crippen molar-refractivity contribution in [2.24, 2.45) is 0 Å². The first-order valence-corrected chi connectivity index (χ1v) is 8.68. The van der Waals surface area contributed by atoms with Gasteiger partial charge in [-0.2, -0.15) is 0 Å². The third-order valence-corrected chi connectivity index (χ3v) is 4.20. The van der Waals surface area contributed by atoms with Gasteiger partial charge in [0.1, 0.15) is 12.4 Å². The summed E-state index contributed by atoms with van der Waals surface area (Å²) in [5.74, 6) is 0.358. The van der Waals surface area contributed by atoms with Crippen LogP contribution in [0.3, 0.4) is 0 Å². The first-order valence-electron chi connectivity index (χ1n) is 7.51. The Bertz CT molecular complexity index is 888. The molecule has 0 bridgehead atoms. The van der Waals surface area contributed by atoms with Crippen LogP contribution in [-0.2, 0) is 6.61 Å². The summed E-state index contributed by atoms with van der Waals surface area (Å²) in [5.41, 5.74) is 1.85. The van der Waals surface area contributed by atoms with Gasteiger partial charge in [0.05, 0.1) is 16.3 Å². The molecule has 3 aromatic rings. The van der Waals surface area contributed by atoms with Gasteiger partial charge in [0.25, 0.3) is 5.91 Å². The number of carbonyl (C=O) groups excluding carboxylic acids is 1. The highest BCUT2D eigenvalue weighted by Crippen LogP contribution is 2.23. The van der Waals surface area contributed by atoms with Gasteiger partial charge in [-0.3, -0.25) is 9.78 Å². The molecule has 2 aromatic carbocycles. The van der Waals surface area contributed by atoms with E-state index in [-0.39, 0.29) is 5.91 Å². The van der Waals surface area contributed by atoms with Gasteiger partial charge in [-0.05, 0) is 42.5 Å².